The molecule has 1 aliphatic carbocycles. The van der Waals surface area contributed by atoms with Crippen LogP contribution in [0.1, 0.15) is 32.6 Å². The first kappa shape index (κ1) is 13.5. The zero-order chi connectivity index (χ0) is 12.0. The van der Waals surface area contributed by atoms with Crippen LogP contribution in [-0.4, -0.2) is 38.8 Å². The van der Waals surface area contributed by atoms with E-state index in [0.29, 0.717) is 18.7 Å². The first-order chi connectivity index (χ1) is 7.69. The van der Waals surface area contributed by atoms with Crippen molar-refractivity contribution in [1.82, 2.24) is 10.6 Å². The summed E-state index contributed by atoms with van der Waals surface area (Å²) in [7, 11) is 3.42. The van der Waals surface area contributed by atoms with E-state index in [9.17, 15) is 4.79 Å². The molecule has 0 aromatic rings. The largest absolute Gasteiger partial charge is 0.383 e. The lowest BCUT2D eigenvalue weighted by molar-refractivity contribution is -0.126. The quantitative estimate of drug-likeness (QED) is 0.735. The molecular weight excluding hydrogens is 204 g/mol. The van der Waals surface area contributed by atoms with Crippen LogP contribution in [0.4, 0.5) is 0 Å². The maximum atomic E-state index is 11.7. The van der Waals surface area contributed by atoms with Crippen molar-refractivity contribution >= 4 is 5.91 Å². The minimum Gasteiger partial charge on any atom is -0.383 e. The average molecular weight is 228 g/mol. The van der Waals surface area contributed by atoms with E-state index < -0.39 is 0 Å². The van der Waals surface area contributed by atoms with E-state index in [4.69, 9.17) is 4.74 Å². The molecule has 3 atom stereocenters. The molecule has 4 nitrogen and oxygen atoms in total. The molecule has 1 saturated carbocycles. The lowest BCUT2D eigenvalue weighted by Gasteiger charge is -2.33. The summed E-state index contributed by atoms with van der Waals surface area (Å²) in [5, 5.41) is 6.26. The van der Waals surface area contributed by atoms with Crippen LogP contribution >= 0.6 is 0 Å². The second-order valence-corrected chi connectivity index (χ2v) is 4.63. The number of carbonyl (C=O) groups excluding carboxylic acids is 1. The van der Waals surface area contributed by atoms with Crippen LogP contribution in [0.15, 0.2) is 0 Å². The van der Waals surface area contributed by atoms with Crippen molar-refractivity contribution in [2.24, 2.45) is 5.92 Å². The van der Waals surface area contributed by atoms with Crippen molar-refractivity contribution in [1.29, 1.82) is 0 Å². The Morgan fingerprint density at radius 3 is 2.75 bits per heavy atom. The Kier molecular flexibility index (Phi) is 5.77. The number of rotatable bonds is 5. The van der Waals surface area contributed by atoms with Gasteiger partial charge in [-0.2, -0.15) is 0 Å². The molecular formula is C12H24N2O2. The molecule has 4 heteroatoms. The van der Waals surface area contributed by atoms with Crippen molar-refractivity contribution in [2.45, 2.75) is 44.7 Å². The van der Waals surface area contributed by atoms with E-state index in [-0.39, 0.29) is 11.8 Å². The van der Waals surface area contributed by atoms with Gasteiger partial charge in [0.25, 0.3) is 0 Å². The van der Waals surface area contributed by atoms with Crippen LogP contribution in [0.3, 0.4) is 0 Å². The Hall–Kier alpha value is -0.610. The summed E-state index contributed by atoms with van der Waals surface area (Å²) >= 11 is 0. The van der Waals surface area contributed by atoms with Gasteiger partial charge in [0.15, 0.2) is 0 Å². The Morgan fingerprint density at radius 1 is 1.44 bits per heavy atom. The average Bonchev–Trinajstić information content (AvgIpc) is 2.29. The maximum absolute atomic E-state index is 11.7. The summed E-state index contributed by atoms with van der Waals surface area (Å²) in [5.74, 6) is 0.292. The SMILES string of the molecule is CNC(=O)C1CCCCC1NC(C)COC. The van der Waals surface area contributed by atoms with Crippen molar-refractivity contribution < 1.29 is 9.53 Å². The number of methoxy groups -OCH3 is 1. The minimum atomic E-state index is 0.123. The van der Waals surface area contributed by atoms with E-state index in [0.717, 1.165) is 19.3 Å². The van der Waals surface area contributed by atoms with Crippen LogP contribution in [0.2, 0.25) is 0 Å². The van der Waals surface area contributed by atoms with Crippen LogP contribution in [0, 0.1) is 5.92 Å². The summed E-state index contributed by atoms with van der Waals surface area (Å²) in [6.07, 6.45) is 4.46. The third-order valence-corrected chi connectivity index (χ3v) is 3.26. The highest BCUT2D eigenvalue weighted by molar-refractivity contribution is 5.79. The molecule has 2 N–H and O–H groups in total. The summed E-state index contributed by atoms with van der Waals surface area (Å²) < 4.78 is 5.10. The molecule has 0 heterocycles. The second-order valence-electron chi connectivity index (χ2n) is 4.63. The fourth-order valence-corrected chi connectivity index (χ4v) is 2.49. The molecule has 16 heavy (non-hydrogen) atoms. The predicted octanol–water partition coefficient (Wildman–Crippen LogP) is 0.916. The van der Waals surface area contributed by atoms with E-state index in [1.807, 2.05) is 0 Å². The lowest BCUT2D eigenvalue weighted by atomic mass is 9.83. The fourth-order valence-electron chi connectivity index (χ4n) is 2.49. The highest BCUT2D eigenvalue weighted by Crippen LogP contribution is 2.24. The van der Waals surface area contributed by atoms with Gasteiger partial charge in [-0.3, -0.25) is 4.79 Å². The van der Waals surface area contributed by atoms with E-state index in [2.05, 4.69) is 17.6 Å². The van der Waals surface area contributed by atoms with Gasteiger partial charge in [0, 0.05) is 26.2 Å². The first-order valence-electron chi connectivity index (χ1n) is 6.15. The number of hydrogen-bond donors (Lipinski definition) is 2. The zero-order valence-electron chi connectivity index (χ0n) is 10.6. The zero-order valence-corrected chi connectivity index (χ0v) is 10.6. The molecule has 0 spiro atoms. The van der Waals surface area contributed by atoms with Crippen molar-refractivity contribution in [3.63, 3.8) is 0 Å². The van der Waals surface area contributed by atoms with Gasteiger partial charge in [-0.15, -0.1) is 0 Å². The molecule has 0 aromatic carbocycles. The van der Waals surface area contributed by atoms with Crippen molar-refractivity contribution in [3.8, 4) is 0 Å². The number of amides is 1. The Bertz CT molecular complexity index is 221. The molecule has 1 fully saturated rings. The molecule has 0 saturated heterocycles. The standard InChI is InChI=1S/C12H24N2O2/c1-9(8-16-3)14-11-7-5-4-6-10(11)12(15)13-2/h9-11,14H,4-8H2,1-3H3,(H,13,15). The molecule has 0 aromatic heterocycles. The Labute approximate surface area is 98.1 Å². The van der Waals surface area contributed by atoms with E-state index in [1.54, 1.807) is 14.2 Å². The van der Waals surface area contributed by atoms with Gasteiger partial charge in [0.05, 0.1) is 12.5 Å². The van der Waals surface area contributed by atoms with Crippen molar-refractivity contribution in [3.05, 3.63) is 0 Å². The van der Waals surface area contributed by atoms with Gasteiger partial charge >= 0.3 is 0 Å². The number of nitrogens with one attached hydrogen (secondary N) is 2. The molecule has 94 valence electrons. The Morgan fingerprint density at radius 2 is 2.12 bits per heavy atom. The highest BCUT2D eigenvalue weighted by Gasteiger charge is 2.30. The topological polar surface area (TPSA) is 50.4 Å². The summed E-state index contributed by atoms with van der Waals surface area (Å²) in [6.45, 7) is 2.79. The molecule has 1 rings (SSSR count). The molecule has 0 radical (unpaired) electrons. The first-order valence-corrected chi connectivity index (χ1v) is 6.15. The maximum Gasteiger partial charge on any atom is 0.224 e. The smallest absolute Gasteiger partial charge is 0.224 e. The molecule has 0 aliphatic heterocycles. The van der Waals surface area contributed by atoms with Crippen LogP contribution < -0.4 is 10.6 Å². The number of carbonyl (C=O) groups is 1. The van der Waals surface area contributed by atoms with Crippen LogP contribution in [0.25, 0.3) is 0 Å². The summed E-state index contributed by atoms with van der Waals surface area (Å²) in [6, 6.07) is 0.610. The third kappa shape index (κ3) is 3.76. The van der Waals surface area contributed by atoms with Gasteiger partial charge < -0.3 is 15.4 Å². The molecule has 1 amide bonds. The number of ether oxygens (including phenoxy) is 1. The predicted molar refractivity (Wildman–Crippen MR) is 64.3 cm³/mol. The Balaban J connectivity index is 2.49. The van der Waals surface area contributed by atoms with E-state index >= 15 is 0 Å². The van der Waals surface area contributed by atoms with Gasteiger partial charge in [-0.25, -0.2) is 0 Å². The molecule has 3 unspecified atom stereocenters. The summed E-state index contributed by atoms with van der Waals surface area (Å²) in [4.78, 5) is 11.7. The monoisotopic (exact) mass is 228 g/mol. The molecule has 0 bridgehead atoms. The third-order valence-electron chi connectivity index (χ3n) is 3.26. The van der Waals surface area contributed by atoms with E-state index in [1.165, 1.54) is 6.42 Å². The van der Waals surface area contributed by atoms with Gasteiger partial charge in [-0.1, -0.05) is 12.8 Å². The second kappa shape index (κ2) is 6.86. The highest BCUT2D eigenvalue weighted by atomic mass is 16.5. The fraction of sp³-hybridized carbons (Fsp3) is 0.917. The molecule has 1 aliphatic rings. The van der Waals surface area contributed by atoms with Gasteiger partial charge in [0.1, 0.15) is 0 Å². The summed E-state index contributed by atoms with van der Waals surface area (Å²) in [5.41, 5.74) is 0. The van der Waals surface area contributed by atoms with Gasteiger partial charge in [-0.05, 0) is 19.8 Å². The number of hydrogen-bond acceptors (Lipinski definition) is 3. The minimum absolute atomic E-state index is 0.123. The van der Waals surface area contributed by atoms with Crippen LogP contribution in [-0.2, 0) is 9.53 Å². The van der Waals surface area contributed by atoms with Crippen LogP contribution in [0.5, 0.6) is 0 Å². The van der Waals surface area contributed by atoms with Crippen molar-refractivity contribution in [2.75, 3.05) is 20.8 Å². The normalized spacial score (nSPS) is 27.4. The lowest BCUT2D eigenvalue weighted by Crippen LogP contribution is -2.49. The van der Waals surface area contributed by atoms with Gasteiger partial charge in [0.2, 0.25) is 5.91 Å².